The summed E-state index contributed by atoms with van der Waals surface area (Å²) in [5, 5.41) is 20.4. The van der Waals surface area contributed by atoms with Crippen molar-refractivity contribution in [3.05, 3.63) is 72.0 Å². The average molecular weight is 417 g/mol. The van der Waals surface area contributed by atoms with Crippen LogP contribution in [0.25, 0.3) is 11.1 Å². The van der Waals surface area contributed by atoms with E-state index in [0.717, 1.165) is 19.2 Å². The third-order valence-corrected chi connectivity index (χ3v) is 5.46. The fraction of sp³-hybridized carbons (Fsp3) is 0.0500. The highest BCUT2D eigenvalue weighted by atomic mass is 32.2. The summed E-state index contributed by atoms with van der Waals surface area (Å²) < 4.78 is 46.2. The first kappa shape index (κ1) is 20.2. The summed E-state index contributed by atoms with van der Waals surface area (Å²) in [4.78, 5) is 10.8. The average Bonchev–Trinajstić information content (AvgIpc) is 2.69. The van der Waals surface area contributed by atoms with Gasteiger partial charge in [0, 0.05) is 11.6 Å². The minimum absolute atomic E-state index is 0.00913. The van der Waals surface area contributed by atoms with Gasteiger partial charge in [0.25, 0.3) is 10.0 Å². The molecule has 3 N–H and O–H groups in total. The summed E-state index contributed by atoms with van der Waals surface area (Å²) in [6.07, 6.45) is 0. The van der Waals surface area contributed by atoms with Crippen LogP contribution in [0.1, 0.15) is 10.4 Å². The van der Waals surface area contributed by atoms with Crippen LogP contribution in [0.2, 0.25) is 0 Å². The van der Waals surface area contributed by atoms with Gasteiger partial charge in [0.1, 0.15) is 27.8 Å². The number of sulfonamides is 1. The molecule has 0 bridgehead atoms. The van der Waals surface area contributed by atoms with Gasteiger partial charge in [-0.15, -0.1) is 0 Å². The fourth-order valence-corrected chi connectivity index (χ4v) is 3.88. The molecule has 0 saturated heterocycles. The van der Waals surface area contributed by atoms with Crippen molar-refractivity contribution >= 4 is 21.7 Å². The Kier molecular flexibility index (Phi) is 5.42. The first-order chi connectivity index (χ1) is 13.7. The van der Waals surface area contributed by atoms with Gasteiger partial charge in [-0.3, -0.25) is 4.72 Å². The predicted octanol–water partition coefficient (Wildman–Crippen LogP) is 3.49. The summed E-state index contributed by atoms with van der Waals surface area (Å²) in [6.45, 7) is 0. The molecule has 0 heterocycles. The van der Waals surface area contributed by atoms with Crippen molar-refractivity contribution < 1.29 is 32.6 Å². The molecule has 29 heavy (non-hydrogen) atoms. The molecule has 0 fully saturated rings. The number of nitrogens with one attached hydrogen (secondary N) is 1. The highest BCUT2D eigenvalue weighted by Crippen LogP contribution is 2.36. The van der Waals surface area contributed by atoms with Crippen molar-refractivity contribution in [2.24, 2.45) is 0 Å². The molecular formula is C20H16FNO6S. The number of carbonyl (C=O) groups excluding carboxylic acids is 1. The van der Waals surface area contributed by atoms with Gasteiger partial charge in [0.2, 0.25) is 0 Å². The summed E-state index contributed by atoms with van der Waals surface area (Å²) >= 11 is 0. The number of aromatic hydroxyl groups is 2. The Morgan fingerprint density at radius 1 is 1.03 bits per heavy atom. The zero-order valence-corrected chi connectivity index (χ0v) is 15.9. The molecule has 150 valence electrons. The number of rotatable bonds is 5. The van der Waals surface area contributed by atoms with Gasteiger partial charge in [-0.25, -0.2) is 17.6 Å². The normalized spacial score (nSPS) is 11.1. The Morgan fingerprint density at radius 2 is 1.72 bits per heavy atom. The van der Waals surface area contributed by atoms with Crippen LogP contribution in [0.3, 0.4) is 0 Å². The molecule has 0 unspecified atom stereocenters. The van der Waals surface area contributed by atoms with Gasteiger partial charge in [-0.05, 0) is 29.8 Å². The van der Waals surface area contributed by atoms with E-state index < -0.39 is 38.2 Å². The maximum absolute atomic E-state index is 14.1. The van der Waals surface area contributed by atoms with Gasteiger partial charge in [0.05, 0.1) is 12.8 Å². The first-order valence-electron chi connectivity index (χ1n) is 8.25. The number of phenolic OH excluding ortho intramolecular Hbond substituents is 2. The van der Waals surface area contributed by atoms with Crippen molar-refractivity contribution in [3.8, 4) is 22.6 Å². The number of benzene rings is 3. The monoisotopic (exact) mass is 417 g/mol. The van der Waals surface area contributed by atoms with Crippen LogP contribution in [0.15, 0.2) is 65.6 Å². The van der Waals surface area contributed by atoms with Crippen LogP contribution >= 0.6 is 0 Å². The van der Waals surface area contributed by atoms with Crippen LogP contribution in [-0.4, -0.2) is 31.7 Å². The number of methoxy groups -OCH3 is 1. The van der Waals surface area contributed by atoms with E-state index in [9.17, 15) is 27.8 Å². The van der Waals surface area contributed by atoms with Crippen molar-refractivity contribution in [2.45, 2.75) is 4.90 Å². The van der Waals surface area contributed by atoms with Crippen molar-refractivity contribution in [1.82, 2.24) is 0 Å². The van der Waals surface area contributed by atoms with E-state index in [2.05, 4.69) is 9.46 Å². The topological polar surface area (TPSA) is 113 Å². The van der Waals surface area contributed by atoms with E-state index in [0.29, 0.717) is 11.6 Å². The number of halogens is 1. The molecule has 0 radical (unpaired) electrons. The minimum atomic E-state index is -4.42. The molecule has 0 saturated carbocycles. The Balaban J connectivity index is 2.01. The lowest BCUT2D eigenvalue weighted by Gasteiger charge is -2.13. The van der Waals surface area contributed by atoms with E-state index in [1.54, 1.807) is 30.3 Å². The minimum Gasteiger partial charge on any atom is -0.507 e. The number of hydrogen-bond acceptors (Lipinski definition) is 6. The van der Waals surface area contributed by atoms with Crippen molar-refractivity contribution in [3.63, 3.8) is 0 Å². The molecule has 3 aromatic carbocycles. The highest BCUT2D eigenvalue weighted by Gasteiger charge is 2.24. The molecule has 0 aliphatic heterocycles. The van der Waals surface area contributed by atoms with Gasteiger partial charge >= 0.3 is 5.97 Å². The van der Waals surface area contributed by atoms with Crippen molar-refractivity contribution in [2.75, 3.05) is 11.8 Å². The number of esters is 1. The molecule has 3 aromatic rings. The molecule has 0 aliphatic rings. The number of carbonyl (C=O) groups is 1. The zero-order valence-electron chi connectivity index (χ0n) is 15.1. The molecule has 0 aromatic heterocycles. The first-order valence-corrected chi connectivity index (χ1v) is 9.73. The Morgan fingerprint density at radius 3 is 2.34 bits per heavy atom. The largest absolute Gasteiger partial charge is 0.507 e. The molecule has 0 atom stereocenters. The molecule has 9 heteroatoms. The quantitative estimate of drug-likeness (QED) is 0.548. The van der Waals surface area contributed by atoms with Crippen LogP contribution in [0, 0.1) is 5.82 Å². The van der Waals surface area contributed by atoms with Crippen LogP contribution < -0.4 is 4.72 Å². The number of anilines is 1. The Hall–Kier alpha value is -3.59. The van der Waals surface area contributed by atoms with E-state index in [-0.39, 0.29) is 16.8 Å². The van der Waals surface area contributed by atoms with Gasteiger partial charge in [-0.2, -0.15) is 0 Å². The van der Waals surface area contributed by atoms with E-state index in [1.165, 1.54) is 12.1 Å². The van der Waals surface area contributed by atoms with Gasteiger partial charge in [0.15, 0.2) is 0 Å². The van der Waals surface area contributed by atoms with E-state index in [1.807, 2.05) is 0 Å². The smallest absolute Gasteiger partial charge is 0.341 e. The molecule has 3 rings (SSSR count). The molecule has 0 aliphatic carbocycles. The third-order valence-electron chi connectivity index (χ3n) is 4.07. The lowest BCUT2D eigenvalue weighted by molar-refractivity contribution is 0.0597. The SMILES string of the molecule is COC(=O)c1ccc(NS(=O)(=O)c2cc(F)cc(-c3ccccc3)c2O)cc1O. The summed E-state index contributed by atoms with van der Waals surface area (Å²) in [6, 6.07) is 13.4. The zero-order chi connectivity index (χ0) is 21.2. The number of phenols is 2. The molecule has 0 amide bonds. The van der Waals surface area contributed by atoms with E-state index >= 15 is 0 Å². The second-order valence-electron chi connectivity index (χ2n) is 6.00. The van der Waals surface area contributed by atoms with Crippen LogP contribution in [0.5, 0.6) is 11.5 Å². The molecule has 7 nitrogen and oxygen atoms in total. The molecule has 0 spiro atoms. The number of ether oxygens (including phenoxy) is 1. The highest BCUT2D eigenvalue weighted by molar-refractivity contribution is 7.92. The predicted molar refractivity (Wildman–Crippen MR) is 104 cm³/mol. The summed E-state index contributed by atoms with van der Waals surface area (Å²) in [5.41, 5.74) is 0.186. The summed E-state index contributed by atoms with van der Waals surface area (Å²) in [7, 11) is -3.29. The fourth-order valence-electron chi connectivity index (χ4n) is 2.70. The second kappa shape index (κ2) is 7.80. The number of hydrogen-bond donors (Lipinski definition) is 3. The standard InChI is InChI=1S/C20H16FNO6S/c1-28-20(25)15-8-7-14(11-17(15)23)22-29(26,27)18-10-13(21)9-16(19(18)24)12-5-3-2-4-6-12/h2-11,22-24H,1H3. The van der Waals surface area contributed by atoms with Gasteiger partial charge < -0.3 is 14.9 Å². The Bertz CT molecular complexity index is 1180. The van der Waals surface area contributed by atoms with Crippen LogP contribution in [0.4, 0.5) is 10.1 Å². The van der Waals surface area contributed by atoms with E-state index in [4.69, 9.17) is 0 Å². The lowest BCUT2D eigenvalue weighted by Crippen LogP contribution is -2.14. The maximum Gasteiger partial charge on any atom is 0.341 e. The van der Waals surface area contributed by atoms with Crippen LogP contribution in [-0.2, 0) is 14.8 Å². The summed E-state index contributed by atoms with van der Waals surface area (Å²) in [5.74, 6) is -2.79. The lowest BCUT2D eigenvalue weighted by atomic mass is 10.0. The molecular weight excluding hydrogens is 401 g/mol. The maximum atomic E-state index is 14.1. The second-order valence-corrected chi connectivity index (χ2v) is 7.65. The third kappa shape index (κ3) is 4.14. The Labute approximate surface area is 166 Å². The van der Waals surface area contributed by atoms with Crippen molar-refractivity contribution in [1.29, 1.82) is 0 Å². The van der Waals surface area contributed by atoms with Gasteiger partial charge in [-0.1, -0.05) is 30.3 Å².